The molecular weight excluding hydrogens is 444 g/mol. The lowest BCUT2D eigenvalue weighted by molar-refractivity contribution is -0.147. The van der Waals surface area contributed by atoms with Crippen LogP contribution in [0.15, 0.2) is 48.5 Å². The molecule has 2 amide bonds. The second-order valence-corrected chi connectivity index (χ2v) is 10.6. The third-order valence-electron chi connectivity index (χ3n) is 8.56. The van der Waals surface area contributed by atoms with Crippen molar-refractivity contribution in [2.75, 3.05) is 19.7 Å². The number of ether oxygens (including phenoxy) is 1. The highest BCUT2D eigenvalue weighted by molar-refractivity contribution is 5.87. The van der Waals surface area contributed by atoms with Gasteiger partial charge in [-0.25, -0.2) is 4.79 Å². The lowest BCUT2D eigenvalue weighted by Crippen LogP contribution is -2.46. The Bertz CT molecular complexity index is 1150. The summed E-state index contributed by atoms with van der Waals surface area (Å²) in [6.07, 6.45) is 3.13. The zero-order valence-corrected chi connectivity index (χ0v) is 19.6. The number of piperidine rings is 1. The Hall–Kier alpha value is -3.35. The topological polar surface area (TPSA) is 95.9 Å². The average molecular weight is 475 g/mol. The van der Waals surface area contributed by atoms with Gasteiger partial charge in [-0.1, -0.05) is 48.5 Å². The van der Waals surface area contributed by atoms with Crippen LogP contribution in [0.4, 0.5) is 4.79 Å². The number of carbonyl (C=O) groups is 3. The first-order valence-electron chi connectivity index (χ1n) is 12.6. The molecule has 0 spiro atoms. The standard InChI is InChI=1S/C28H30N2O5/c31-25(32)17-6-5-11-30(15-17)26(33)28-13-18(28)12-19(14-28)29-27(34)35-16-24-22-9-3-1-7-20(22)21-8-2-4-10-23(21)24/h1-4,7-10,17-19,24H,5-6,11-16H2,(H,29,34)(H,31,32)/t17-,18-,19+,28+/m0/s1. The molecule has 182 valence electrons. The van der Waals surface area contributed by atoms with E-state index in [9.17, 15) is 19.5 Å². The summed E-state index contributed by atoms with van der Waals surface area (Å²) in [5.41, 5.74) is 4.30. The van der Waals surface area contributed by atoms with Gasteiger partial charge in [0, 0.05) is 25.0 Å². The molecule has 2 aromatic carbocycles. The Kier molecular flexibility index (Phi) is 5.31. The molecule has 1 saturated heterocycles. The Morgan fingerprint density at radius 2 is 1.71 bits per heavy atom. The van der Waals surface area contributed by atoms with Gasteiger partial charge in [0.05, 0.1) is 11.3 Å². The number of carboxylic acid groups (broad SMARTS) is 1. The van der Waals surface area contributed by atoms with Gasteiger partial charge in [0.2, 0.25) is 5.91 Å². The summed E-state index contributed by atoms with van der Waals surface area (Å²) < 4.78 is 5.69. The highest BCUT2D eigenvalue weighted by atomic mass is 16.5. The Morgan fingerprint density at radius 3 is 2.40 bits per heavy atom. The van der Waals surface area contributed by atoms with E-state index in [-0.39, 0.29) is 30.4 Å². The number of carboxylic acids is 1. The third kappa shape index (κ3) is 3.77. The highest BCUT2D eigenvalue weighted by Crippen LogP contribution is 2.64. The second-order valence-electron chi connectivity index (χ2n) is 10.6. The molecule has 2 N–H and O–H groups in total. The van der Waals surface area contributed by atoms with Crippen LogP contribution in [0.2, 0.25) is 0 Å². The lowest BCUT2D eigenvalue weighted by Gasteiger charge is -2.33. The number of hydrogen-bond acceptors (Lipinski definition) is 4. The summed E-state index contributed by atoms with van der Waals surface area (Å²) in [5.74, 6) is -0.949. The zero-order valence-electron chi connectivity index (χ0n) is 19.6. The largest absolute Gasteiger partial charge is 0.481 e. The van der Waals surface area contributed by atoms with Gasteiger partial charge in [0.1, 0.15) is 6.61 Å². The SMILES string of the molecule is O=C(N[C@@H]1C[C@H]2C[C@@]2(C(=O)N2CCC[C@H](C(=O)O)C2)C1)OCC1c2ccccc2-c2ccccc21. The molecule has 2 saturated carbocycles. The number of likely N-dealkylation sites (tertiary alicyclic amines) is 1. The summed E-state index contributed by atoms with van der Waals surface area (Å²) in [6.45, 7) is 1.19. The number of amides is 2. The minimum Gasteiger partial charge on any atom is -0.481 e. The number of fused-ring (bicyclic) bond motifs is 4. The Balaban J connectivity index is 1.06. The minimum absolute atomic E-state index is 0.0133. The van der Waals surface area contributed by atoms with Crippen LogP contribution in [0.1, 0.15) is 49.1 Å². The van der Waals surface area contributed by atoms with Gasteiger partial charge in [-0.05, 0) is 60.3 Å². The van der Waals surface area contributed by atoms with Crippen molar-refractivity contribution in [1.82, 2.24) is 10.2 Å². The number of alkyl carbamates (subject to hydrolysis) is 1. The van der Waals surface area contributed by atoms with Crippen molar-refractivity contribution in [3.8, 4) is 11.1 Å². The number of nitrogens with one attached hydrogen (secondary N) is 1. The van der Waals surface area contributed by atoms with Crippen molar-refractivity contribution >= 4 is 18.0 Å². The molecule has 1 aliphatic heterocycles. The summed E-state index contributed by atoms with van der Waals surface area (Å²) in [5, 5.41) is 12.4. The first-order chi connectivity index (χ1) is 17.0. The van der Waals surface area contributed by atoms with Crippen molar-refractivity contribution in [1.29, 1.82) is 0 Å². The lowest BCUT2D eigenvalue weighted by atomic mass is 9.94. The third-order valence-corrected chi connectivity index (χ3v) is 8.56. The molecule has 0 radical (unpaired) electrons. The summed E-state index contributed by atoms with van der Waals surface area (Å²) in [4.78, 5) is 39.1. The zero-order chi connectivity index (χ0) is 24.2. The smallest absolute Gasteiger partial charge is 0.407 e. The van der Waals surface area contributed by atoms with Crippen molar-refractivity contribution in [2.24, 2.45) is 17.3 Å². The van der Waals surface area contributed by atoms with Crippen molar-refractivity contribution < 1.29 is 24.2 Å². The van der Waals surface area contributed by atoms with E-state index in [2.05, 4.69) is 29.6 Å². The van der Waals surface area contributed by atoms with Gasteiger partial charge in [-0.15, -0.1) is 0 Å². The van der Waals surface area contributed by atoms with Gasteiger partial charge in [-0.2, -0.15) is 0 Å². The highest BCUT2D eigenvalue weighted by Gasteiger charge is 2.66. The molecule has 3 aliphatic carbocycles. The quantitative estimate of drug-likeness (QED) is 0.683. The van der Waals surface area contributed by atoms with Crippen LogP contribution in [-0.2, 0) is 14.3 Å². The number of rotatable bonds is 5. The van der Waals surface area contributed by atoms with Crippen LogP contribution in [0.3, 0.4) is 0 Å². The molecule has 0 aromatic heterocycles. The number of benzene rings is 2. The predicted octanol–water partition coefficient (Wildman–Crippen LogP) is 4.02. The normalized spacial score (nSPS) is 28.6. The number of hydrogen-bond donors (Lipinski definition) is 2. The molecule has 3 fully saturated rings. The maximum absolute atomic E-state index is 13.3. The monoisotopic (exact) mass is 474 g/mol. The number of nitrogens with zero attached hydrogens (tertiary/aromatic N) is 1. The molecule has 2 aromatic rings. The Labute approximate surface area is 204 Å². The molecule has 4 atom stereocenters. The minimum atomic E-state index is -0.825. The predicted molar refractivity (Wildman–Crippen MR) is 129 cm³/mol. The van der Waals surface area contributed by atoms with Crippen molar-refractivity contribution in [3.05, 3.63) is 59.7 Å². The van der Waals surface area contributed by atoms with Crippen LogP contribution in [-0.4, -0.2) is 53.7 Å². The summed E-state index contributed by atoms with van der Waals surface area (Å²) in [7, 11) is 0. The van der Waals surface area contributed by atoms with Crippen LogP contribution < -0.4 is 5.32 Å². The first kappa shape index (κ1) is 22.1. The van der Waals surface area contributed by atoms with Gasteiger partial charge >= 0.3 is 12.1 Å². The van der Waals surface area contributed by atoms with Gasteiger partial charge in [-0.3, -0.25) is 9.59 Å². The van der Waals surface area contributed by atoms with E-state index >= 15 is 0 Å². The van der Waals surface area contributed by atoms with Crippen molar-refractivity contribution in [2.45, 2.75) is 44.1 Å². The summed E-state index contributed by atoms with van der Waals surface area (Å²) >= 11 is 0. The number of carbonyl (C=O) groups excluding carboxylic acids is 2. The fourth-order valence-corrected chi connectivity index (χ4v) is 6.75. The maximum Gasteiger partial charge on any atom is 0.407 e. The maximum atomic E-state index is 13.3. The second kappa shape index (κ2) is 8.40. The molecule has 7 nitrogen and oxygen atoms in total. The van der Waals surface area contributed by atoms with E-state index in [0.717, 1.165) is 19.3 Å². The fraction of sp³-hybridized carbons (Fsp3) is 0.464. The van der Waals surface area contributed by atoms with Crippen LogP contribution in [0.5, 0.6) is 0 Å². The number of aliphatic carboxylic acids is 1. The van der Waals surface area contributed by atoms with E-state index in [0.29, 0.717) is 25.9 Å². The van der Waals surface area contributed by atoms with Gasteiger partial charge in [0.15, 0.2) is 0 Å². The van der Waals surface area contributed by atoms with Crippen molar-refractivity contribution in [3.63, 3.8) is 0 Å². The Morgan fingerprint density at radius 1 is 1.03 bits per heavy atom. The van der Waals surface area contributed by atoms with Crippen LogP contribution in [0, 0.1) is 17.3 Å². The van der Waals surface area contributed by atoms with Gasteiger partial charge < -0.3 is 20.1 Å². The molecule has 7 heteroatoms. The van der Waals surface area contributed by atoms with E-state index in [1.807, 2.05) is 24.3 Å². The molecule has 0 bridgehead atoms. The fourth-order valence-electron chi connectivity index (χ4n) is 6.75. The molecule has 4 aliphatic rings. The summed E-state index contributed by atoms with van der Waals surface area (Å²) in [6, 6.07) is 16.4. The molecule has 0 unspecified atom stereocenters. The van der Waals surface area contributed by atoms with Crippen LogP contribution in [0.25, 0.3) is 11.1 Å². The van der Waals surface area contributed by atoms with Crippen LogP contribution >= 0.6 is 0 Å². The van der Waals surface area contributed by atoms with E-state index < -0.39 is 23.4 Å². The van der Waals surface area contributed by atoms with E-state index in [1.54, 1.807) is 4.90 Å². The molecule has 1 heterocycles. The van der Waals surface area contributed by atoms with E-state index in [4.69, 9.17) is 4.74 Å². The van der Waals surface area contributed by atoms with E-state index in [1.165, 1.54) is 22.3 Å². The average Bonchev–Trinajstić information content (AvgIpc) is 3.30. The molecule has 6 rings (SSSR count). The molecular formula is C28H30N2O5. The molecule has 35 heavy (non-hydrogen) atoms. The van der Waals surface area contributed by atoms with Gasteiger partial charge in [0.25, 0.3) is 0 Å². The first-order valence-corrected chi connectivity index (χ1v) is 12.6.